The third-order valence-corrected chi connectivity index (χ3v) is 5.93. The van der Waals surface area contributed by atoms with Crippen LogP contribution in [0.5, 0.6) is 17.2 Å². The minimum absolute atomic E-state index is 0.0761. The summed E-state index contributed by atoms with van der Waals surface area (Å²) in [5.74, 6) is 2.77. The molecule has 0 radical (unpaired) electrons. The minimum Gasteiger partial charge on any atom is -0.491 e. The Bertz CT molecular complexity index is 915. The van der Waals surface area contributed by atoms with E-state index in [1.807, 2.05) is 41.3 Å². The highest BCUT2D eigenvalue weighted by Gasteiger charge is 2.57. The van der Waals surface area contributed by atoms with Crippen molar-refractivity contribution in [2.45, 2.75) is 24.7 Å². The number of unbranched alkanes of at least 4 members (excludes halogenated alkanes) is 2. The second-order valence-corrected chi connectivity index (χ2v) is 7.50. The van der Waals surface area contributed by atoms with Gasteiger partial charge in [0.1, 0.15) is 17.8 Å². The summed E-state index contributed by atoms with van der Waals surface area (Å²) in [4.78, 5) is 15.6. The van der Waals surface area contributed by atoms with Crippen LogP contribution >= 0.6 is 11.6 Å². The average molecular weight is 386 g/mol. The van der Waals surface area contributed by atoms with Crippen molar-refractivity contribution in [3.8, 4) is 17.2 Å². The third kappa shape index (κ3) is 2.34. The Labute approximate surface area is 162 Å². The Balaban J connectivity index is 1.57. The molecule has 140 valence electrons. The van der Waals surface area contributed by atoms with E-state index in [2.05, 4.69) is 0 Å². The van der Waals surface area contributed by atoms with Crippen LogP contribution in [0.4, 0.5) is 5.69 Å². The van der Waals surface area contributed by atoms with E-state index in [4.69, 9.17) is 25.8 Å². The molecule has 0 N–H and O–H groups in total. The number of ether oxygens (including phenoxy) is 3. The first-order chi connectivity index (χ1) is 13.3. The normalized spacial score (nSPS) is 21.5. The van der Waals surface area contributed by atoms with Crippen molar-refractivity contribution < 1.29 is 19.0 Å². The highest BCUT2D eigenvalue weighted by atomic mass is 35.5. The molecule has 0 saturated heterocycles. The lowest BCUT2D eigenvalue weighted by Gasteiger charge is -2.23. The molecule has 0 aromatic heterocycles. The number of alkyl halides is 1. The lowest BCUT2D eigenvalue weighted by molar-refractivity contribution is -0.122. The number of halogens is 1. The van der Waals surface area contributed by atoms with E-state index in [1.54, 1.807) is 0 Å². The lowest BCUT2D eigenvalue weighted by atomic mass is 9.77. The largest absolute Gasteiger partial charge is 0.491 e. The zero-order chi connectivity index (χ0) is 18.4. The maximum absolute atomic E-state index is 13.7. The number of nitrogens with zero attached hydrogens (tertiary/aromatic N) is 1. The average Bonchev–Trinajstić information content (AvgIpc) is 3.36. The van der Waals surface area contributed by atoms with Gasteiger partial charge in [0.25, 0.3) is 0 Å². The molecule has 2 aromatic rings. The van der Waals surface area contributed by atoms with Gasteiger partial charge in [-0.15, -0.1) is 11.6 Å². The molecule has 0 saturated carbocycles. The summed E-state index contributed by atoms with van der Waals surface area (Å²) in [7, 11) is 0. The van der Waals surface area contributed by atoms with Crippen LogP contribution in [0.25, 0.3) is 0 Å². The molecular formula is C21H20ClNO4. The maximum atomic E-state index is 13.7. The van der Waals surface area contributed by atoms with Crippen LogP contribution in [0.3, 0.4) is 0 Å². The molecule has 2 aromatic carbocycles. The zero-order valence-corrected chi connectivity index (χ0v) is 15.6. The van der Waals surface area contributed by atoms with E-state index >= 15 is 0 Å². The Morgan fingerprint density at radius 2 is 1.78 bits per heavy atom. The summed E-state index contributed by atoms with van der Waals surface area (Å²) < 4.78 is 17.0. The lowest BCUT2D eigenvalue weighted by Crippen LogP contribution is -2.42. The molecule has 0 aliphatic carbocycles. The molecule has 1 atom stereocenters. The Kier molecular flexibility index (Phi) is 3.93. The summed E-state index contributed by atoms with van der Waals surface area (Å²) in [5, 5.41) is 0. The molecule has 0 fully saturated rings. The molecule has 1 amide bonds. The summed E-state index contributed by atoms with van der Waals surface area (Å²) >= 11 is 5.79. The van der Waals surface area contributed by atoms with Crippen molar-refractivity contribution in [3.63, 3.8) is 0 Å². The van der Waals surface area contributed by atoms with E-state index in [-0.39, 0.29) is 12.7 Å². The SMILES string of the molecule is O=C1N(CCCCCCl)c2ccccc2C12COc1cc3c(cc12)OCO3. The van der Waals surface area contributed by atoms with Gasteiger partial charge < -0.3 is 19.1 Å². The summed E-state index contributed by atoms with van der Waals surface area (Å²) in [6.07, 6.45) is 2.90. The topological polar surface area (TPSA) is 48.0 Å². The van der Waals surface area contributed by atoms with Gasteiger partial charge in [-0.2, -0.15) is 0 Å². The highest BCUT2D eigenvalue weighted by Crippen LogP contribution is 2.54. The molecule has 1 spiro atoms. The van der Waals surface area contributed by atoms with E-state index in [1.165, 1.54) is 0 Å². The van der Waals surface area contributed by atoms with Crippen molar-refractivity contribution in [1.29, 1.82) is 0 Å². The van der Waals surface area contributed by atoms with Crippen LogP contribution in [0, 0.1) is 0 Å². The maximum Gasteiger partial charge on any atom is 0.245 e. The van der Waals surface area contributed by atoms with Gasteiger partial charge in [-0.3, -0.25) is 4.79 Å². The van der Waals surface area contributed by atoms with E-state index in [0.717, 1.165) is 36.1 Å². The first-order valence-corrected chi connectivity index (χ1v) is 9.83. The third-order valence-electron chi connectivity index (χ3n) is 5.66. The molecule has 27 heavy (non-hydrogen) atoms. The van der Waals surface area contributed by atoms with E-state index in [9.17, 15) is 4.79 Å². The fraction of sp³-hybridized carbons (Fsp3) is 0.381. The second-order valence-electron chi connectivity index (χ2n) is 7.12. The molecule has 3 aliphatic heterocycles. The molecule has 3 aliphatic rings. The highest BCUT2D eigenvalue weighted by molar-refractivity contribution is 6.17. The molecule has 6 heteroatoms. The summed E-state index contributed by atoms with van der Waals surface area (Å²) in [6, 6.07) is 11.8. The molecule has 5 nitrogen and oxygen atoms in total. The number of rotatable bonds is 5. The van der Waals surface area contributed by atoms with Crippen molar-refractivity contribution in [3.05, 3.63) is 47.5 Å². The molecular weight excluding hydrogens is 366 g/mol. The first-order valence-electron chi connectivity index (χ1n) is 9.30. The molecule has 5 rings (SSSR count). The Morgan fingerprint density at radius 3 is 2.63 bits per heavy atom. The van der Waals surface area contributed by atoms with Crippen molar-refractivity contribution in [2.24, 2.45) is 0 Å². The summed E-state index contributed by atoms with van der Waals surface area (Å²) in [5.41, 5.74) is 2.04. The smallest absolute Gasteiger partial charge is 0.245 e. The van der Waals surface area contributed by atoms with Crippen molar-refractivity contribution in [2.75, 3.05) is 30.7 Å². The fourth-order valence-electron chi connectivity index (χ4n) is 4.33. The van der Waals surface area contributed by atoms with Gasteiger partial charge in [0.15, 0.2) is 11.5 Å². The monoisotopic (exact) mass is 385 g/mol. The first kappa shape index (κ1) is 16.8. The fourth-order valence-corrected chi connectivity index (χ4v) is 4.52. The van der Waals surface area contributed by atoms with E-state index in [0.29, 0.717) is 36.3 Å². The number of hydrogen-bond donors (Lipinski definition) is 0. The number of para-hydroxylation sites is 1. The van der Waals surface area contributed by atoms with Crippen molar-refractivity contribution in [1.82, 2.24) is 0 Å². The van der Waals surface area contributed by atoms with Gasteiger partial charge in [-0.05, 0) is 30.5 Å². The molecule has 0 bridgehead atoms. The summed E-state index contributed by atoms with van der Waals surface area (Å²) in [6.45, 7) is 1.19. The van der Waals surface area contributed by atoms with Gasteiger partial charge in [0, 0.05) is 29.7 Å². The number of hydrogen-bond acceptors (Lipinski definition) is 4. The number of carbonyl (C=O) groups is 1. The molecule has 1 unspecified atom stereocenters. The standard InChI is InChI=1S/C21H20ClNO4/c22-8-4-1-5-9-23-16-7-3-2-6-14(16)21(20(23)24)12-25-17-11-19-18(10-15(17)21)26-13-27-19/h2-3,6-7,10-11H,1,4-5,8-9,12-13H2. The Hall–Kier alpha value is -2.40. The van der Waals surface area contributed by atoms with Gasteiger partial charge >= 0.3 is 0 Å². The van der Waals surface area contributed by atoms with Gasteiger partial charge in [0.2, 0.25) is 12.7 Å². The molecule has 3 heterocycles. The minimum atomic E-state index is -0.806. The van der Waals surface area contributed by atoms with Gasteiger partial charge in [-0.25, -0.2) is 0 Å². The van der Waals surface area contributed by atoms with Crippen LogP contribution in [0.2, 0.25) is 0 Å². The second kappa shape index (κ2) is 6.34. The van der Waals surface area contributed by atoms with Crippen LogP contribution in [0.1, 0.15) is 30.4 Å². The quantitative estimate of drug-likeness (QED) is 0.579. The van der Waals surface area contributed by atoms with Gasteiger partial charge in [-0.1, -0.05) is 24.6 Å². The van der Waals surface area contributed by atoms with Crippen LogP contribution < -0.4 is 19.1 Å². The number of anilines is 1. The van der Waals surface area contributed by atoms with Crippen LogP contribution in [0.15, 0.2) is 36.4 Å². The Morgan fingerprint density at radius 1 is 0.963 bits per heavy atom. The van der Waals surface area contributed by atoms with Gasteiger partial charge in [0.05, 0.1) is 0 Å². The van der Waals surface area contributed by atoms with Crippen molar-refractivity contribution >= 4 is 23.2 Å². The number of benzene rings is 2. The van der Waals surface area contributed by atoms with E-state index < -0.39 is 5.41 Å². The zero-order valence-electron chi connectivity index (χ0n) is 14.9. The predicted molar refractivity (Wildman–Crippen MR) is 102 cm³/mol. The number of fused-ring (bicyclic) bond motifs is 5. The predicted octanol–water partition coefficient (Wildman–Crippen LogP) is 3.85. The van der Waals surface area contributed by atoms with Crippen LogP contribution in [-0.4, -0.2) is 31.7 Å². The number of amides is 1. The van der Waals surface area contributed by atoms with Crippen LogP contribution in [-0.2, 0) is 10.2 Å². The number of carbonyl (C=O) groups excluding carboxylic acids is 1.